The summed E-state index contributed by atoms with van der Waals surface area (Å²) in [6.45, 7) is 0. The maximum absolute atomic E-state index is 10.8. The lowest BCUT2D eigenvalue weighted by Gasteiger charge is -1.95. The van der Waals surface area contributed by atoms with E-state index in [1.54, 1.807) is 0 Å². The van der Waals surface area contributed by atoms with Crippen LogP contribution in [0.2, 0.25) is 0 Å². The third-order valence-corrected chi connectivity index (χ3v) is 2.61. The molecule has 1 aromatic heterocycles. The number of rotatable bonds is 3. The molecule has 0 aliphatic heterocycles. The highest BCUT2D eigenvalue weighted by Gasteiger charge is 2.23. The quantitative estimate of drug-likeness (QED) is 0.655. The fourth-order valence-corrected chi connectivity index (χ4v) is 1.79. The molecule has 1 aromatic rings. The highest BCUT2D eigenvalue weighted by molar-refractivity contribution is 7.19. The van der Waals surface area contributed by atoms with E-state index in [-0.39, 0.29) is 5.69 Å². The number of nitrogens with one attached hydrogen (secondary N) is 1. The van der Waals surface area contributed by atoms with E-state index in [9.17, 15) is 4.79 Å². The number of carbonyl (C=O) groups is 1. The number of hydrogen-bond acceptors (Lipinski definition) is 5. The van der Waals surface area contributed by atoms with Gasteiger partial charge in [-0.05, 0) is 12.8 Å². The number of hydrogen-bond donors (Lipinski definition) is 3. The smallest absolute Gasteiger partial charge is 0.270 e. The SMILES string of the molecule is NC(=O)c1nc(NC2CC2)sc1N. The highest BCUT2D eigenvalue weighted by atomic mass is 32.1. The van der Waals surface area contributed by atoms with Gasteiger partial charge in [0.15, 0.2) is 10.8 Å². The largest absolute Gasteiger partial charge is 0.389 e. The first kappa shape index (κ1) is 8.31. The Kier molecular flexibility index (Phi) is 1.84. The minimum atomic E-state index is -0.572. The zero-order valence-electron chi connectivity index (χ0n) is 6.91. The van der Waals surface area contributed by atoms with Gasteiger partial charge in [0.25, 0.3) is 5.91 Å². The molecule has 6 heteroatoms. The topological polar surface area (TPSA) is 94.0 Å². The minimum Gasteiger partial charge on any atom is -0.389 e. The number of thiazole rings is 1. The number of nitrogen functional groups attached to an aromatic ring is 1. The molecular formula is C7H10N4OS. The van der Waals surface area contributed by atoms with E-state index in [2.05, 4.69) is 10.3 Å². The molecule has 1 saturated carbocycles. The summed E-state index contributed by atoms with van der Waals surface area (Å²) in [5.74, 6) is -0.572. The molecule has 1 aliphatic carbocycles. The third kappa shape index (κ3) is 1.72. The van der Waals surface area contributed by atoms with Gasteiger partial charge in [-0.15, -0.1) is 0 Å². The van der Waals surface area contributed by atoms with Gasteiger partial charge in [-0.3, -0.25) is 4.79 Å². The molecular weight excluding hydrogens is 188 g/mol. The van der Waals surface area contributed by atoms with Crippen LogP contribution >= 0.6 is 11.3 Å². The van der Waals surface area contributed by atoms with Gasteiger partial charge in [0.05, 0.1) is 0 Å². The molecule has 1 heterocycles. The van der Waals surface area contributed by atoms with Gasteiger partial charge in [0.1, 0.15) is 5.00 Å². The predicted molar refractivity (Wildman–Crippen MR) is 51.7 cm³/mol. The minimum absolute atomic E-state index is 0.174. The first-order valence-electron chi connectivity index (χ1n) is 3.99. The van der Waals surface area contributed by atoms with Crippen LogP contribution in [0.3, 0.4) is 0 Å². The average Bonchev–Trinajstić information content (AvgIpc) is 2.75. The number of nitrogens with two attached hydrogens (primary N) is 2. The molecule has 0 aromatic carbocycles. The predicted octanol–water partition coefficient (Wildman–Crippen LogP) is 0.398. The van der Waals surface area contributed by atoms with Crippen LogP contribution in [-0.4, -0.2) is 16.9 Å². The fraction of sp³-hybridized carbons (Fsp3) is 0.429. The Morgan fingerprint density at radius 1 is 1.62 bits per heavy atom. The normalized spacial score (nSPS) is 15.7. The van der Waals surface area contributed by atoms with Crippen molar-refractivity contribution in [1.82, 2.24) is 4.98 Å². The van der Waals surface area contributed by atoms with Gasteiger partial charge in [-0.1, -0.05) is 11.3 Å². The molecule has 0 radical (unpaired) electrons. The van der Waals surface area contributed by atoms with Crippen LogP contribution in [0.4, 0.5) is 10.1 Å². The zero-order chi connectivity index (χ0) is 9.42. The second-order valence-electron chi connectivity index (χ2n) is 3.01. The molecule has 13 heavy (non-hydrogen) atoms. The van der Waals surface area contributed by atoms with E-state index < -0.39 is 5.91 Å². The molecule has 5 nitrogen and oxygen atoms in total. The summed E-state index contributed by atoms with van der Waals surface area (Å²) in [5, 5.41) is 4.23. The summed E-state index contributed by atoms with van der Waals surface area (Å²) >= 11 is 1.27. The van der Waals surface area contributed by atoms with Crippen molar-refractivity contribution in [2.45, 2.75) is 18.9 Å². The van der Waals surface area contributed by atoms with Crippen LogP contribution in [0.1, 0.15) is 23.3 Å². The summed E-state index contributed by atoms with van der Waals surface area (Å²) in [5.41, 5.74) is 10.8. The van der Waals surface area contributed by atoms with Crippen LogP contribution in [0.5, 0.6) is 0 Å². The number of amides is 1. The first-order chi connectivity index (χ1) is 6.16. The van der Waals surface area contributed by atoms with Crippen molar-refractivity contribution in [1.29, 1.82) is 0 Å². The Morgan fingerprint density at radius 2 is 2.31 bits per heavy atom. The van der Waals surface area contributed by atoms with E-state index >= 15 is 0 Å². The van der Waals surface area contributed by atoms with Crippen molar-refractivity contribution in [3.05, 3.63) is 5.69 Å². The summed E-state index contributed by atoms with van der Waals surface area (Å²) < 4.78 is 0. The van der Waals surface area contributed by atoms with Gasteiger partial charge >= 0.3 is 0 Å². The Labute approximate surface area is 79.1 Å². The number of anilines is 2. The molecule has 5 N–H and O–H groups in total. The van der Waals surface area contributed by atoms with Crippen molar-refractivity contribution >= 4 is 27.4 Å². The van der Waals surface area contributed by atoms with E-state index in [1.807, 2.05) is 0 Å². The second-order valence-corrected chi connectivity index (χ2v) is 4.05. The maximum Gasteiger partial charge on any atom is 0.270 e. The van der Waals surface area contributed by atoms with Crippen LogP contribution in [0.15, 0.2) is 0 Å². The van der Waals surface area contributed by atoms with Crippen molar-refractivity contribution in [2.24, 2.45) is 5.73 Å². The zero-order valence-corrected chi connectivity index (χ0v) is 7.73. The molecule has 1 aliphatic rings. The summed E-state index contributed by atoms with van der Waals surface area (Å²) in [7, 11) is 0. The molecule has 2 rings (SSSR count). The molecule has 0 atom stereocenters. The van der Waals surface area contributed by atoms with Gasteiger partial charge in [0, 0.05) is 6.04 Å². The Hall–Kier alpha value is -1.30. The third-order valence-electron chi connectivity index (χ3n) is 1.79. The lowest BCUT2D eigenvalue weighted by molar-refractivity contribution is 0.0997. The first-order valence-corrected chi connectivity index (χ1v) is 4.81. The summed E-state index contributed by atoms with van der Waals surface area (Å²) in [6, 6.07) is 0.506. The number of carbonyl (C=O) groups excluding carboxylic acids is 1. The summed E-state index contributed by atoms with van der Waals surface area (Å²) in [4.78, 5) is 14.8. The van der Waals surface area contributed by atoms with Crippen LogP contribution in [0, 0.1) is 0 Å². The van der Waals surface area contributed by atoms with E-state index in [0.717, 1.165) is 12.8 Å². The van der Waals surface area contributed by atoms with Gasteiger partial charge in [0.2, 0.25) is 0 Å². The lowest BCUT2D eigenvalue weighted by Crippen LogP contribution is -2.13. The van der Waals surface area contributed by atoms with Gasteiger partial charge in [-0.25, -0.2) is 4.98 Å². The van der Waals surface area contributed by atoms with Crippen LogP contribution in [-0.2, 0) is 0 Å². The van der Waals surface area contributed by atoms with Crippen LogP contribution in [0.25, 0.3) is 0 Å². The number of aromatic nitrogens is 1. The van der Waals surface area contributed by atoms with E-state index in [1.165, 1.54) is 11.3 Å². The average molecular weight is 198 g/mol. The second kappa shape index (κ2) is 2.88. The molecule has 1 fully saturated rings. The van der Waals surface area contributed by atoms with E-state index in [4.69, 9.17) is 11.5 Å². The standard InChI is InChI=1S/C7H10N4OS/c8-5(12)4-6(9)13-7(11-4)10-3-1-2-3/h3H,1-2,9H2,(H2,8,12)(H,10,11). The van der Waals surface area contributed by atoms with Crippen LogP contribution < -0.4 is 16.8 Å². The van der Waals surface area contributed by atoms with Gasteiger partial charge in [-0.2, -0.15) is 0 Å². The molecule has 0 spiro atoms. The lowest BCUT2D eigenvalue weighted by atomic mass is 10.4. The molecule has 1 amide bonds. The number of nitrogens with zero attached hydrogens (tertiary/aromatic N) is 1. The maximum atomic E-state index is 10.8. The Bertz CT molecular complexity index is 344. The molecule has 70 valence electrons. The van der Waals surface area contributed by atoms with Crippen molar-refractivity contribution < 1.29 is 4.79 Å². The fourth-order valence-electron chi connectivity index (χ4n) is 0.973. The Morgan fingerprint density at radius 3 is 2.77 bits per heavy atom. The molecule has 0 saturated heterocycles. The van der Waals surface area contributed by atoms with Crippen molar-refractivity contribution in [3.8, 4) is 0 Å². The van der Waals surface area contributed by atoms with Gasteiger partial charge < -0.3 is 16.8 Å². The highest BCUT2D eigenvalue weighted by Crippen LogP contribution is 2.30. The molecule has 0 unspecified atom stereocenters. The number of primary amides is 1. The monoisotopic (exact) mass is 198 g/mol. The van der Waals surface area contributed by atoms with E-state index in [0.29, 0.717) is 16.2 Å². The van der Waals surface area contributed by atoms with Crippen molar-refractivity contribution in [3.63, 3.8) is 0 Å². The Balaban J connectivity index is 2.18. The molecule has 0 bridgehead atoms. The van der Waals surface area contributed by atoms with Crippen molar-refractivity contribution in [2.75, 3.05) is 11.1 Å². The summed E-state index contributed by atoms with van der Waals surface area (Å²) in [6.07, 6.45) is 2.32.